The van der Waals surface area contributed by atoms with Crippen LogP contribution >= 0.6 is 0 Å². The predicted octanol–water partition coefficient (Wildman–Crippen LogP) is 1.71. The molecule has 1 aromatic carbocycles. The van der Waals surface area contributed by atoms with E-state index in [-0.39, 0.29) is 11.9 Å². The molecule has 0 bridgehead atoms. The molecule has 3 aliphatic rings. The van der Waals surface area contributed by atoms with Gasteiger partial charge < -0.3 is 16.4 Å². The Labute approximate surface area is 147 Å². The lowest BCUT2D eigenvalue weighted by atomic mass is 9.87. The van der Waals surface area contributed by atoms with E-state index < -0.39 is 5.66 Å². The number of guanidine groups is 2. The summed E-state index contributed by atoms with van der Waals surface area (Å²) in [6.45, 7) is 2.33. The minimum absolute atomic E-state index is 0.0610. The molecule has 1 aliphatic carbocycles. The number of aliphatic imine (C=N–C) groups is 2. The summed E-state index contributed by atoms with van der Waals surface area (Å²) < 4.78 is 0. The van der Waals surface area contributed by atoms with Crippen LogP contribution in [0.25, 0.3) is 0 Å². The number of fused-ring (bicyclic) bond motifs is 1. The van der Waals surface area contributed by atoms with Gasteiger partial charge in [-0.3, -0.25) is 9.69 Å². The van der Waals surface area contributed by atoms with Crippen molar-refractivity contribution in [3.8, 4) is 0 Å². The molecule has 7 nitrogen and oxygen atoms in total. The predicted molar refractivity (Wildman–Crippen MR) is 99.7 cm³/mol. The van der Waals surface area contributed by atoms with Crippen LogP contribution in [-0.4, -0.2) is 30.0 Å². The van der Waals surface area contributed by atoms with Crippen molar-refractivity contribution in [2.45, 2.75) is 51.1 Å². The SMILES string of the molecule is CC(=O)N1CCc2ccc(N3C(N)=NC(N)=NC34CCCCC4)cc21. The average molecular weight is 340 g/mol. The zero-order valence-electron chi connectivity index (χ0n) is 14.5. The van der Waals surface area contributed by atoms with E-state index >= 15 is 0 Å². The van der Waals surface area contributed by atoms with E-state index in [9.17, 15) is 4.79 Å². The molecule has 1 saturated carbocycles. The van der Waals surface area contributed by atoms with Crippen LogP contribution in [0.3, 0.4) is 0 Å². The summed E-state index contributed by atoms with van der Waals surface area (Å²) in [4.78, 5) is 24.7. The molecule has 7 heteroatoms. The van der Waals surface area contributed by atoms with Crippen LogP contribution in [0.15, 0.2) is 28.2 Å². The van der Waals surface area contributed by atoms with Crippen LogP contribution in [0.1, 0.15) is 44.6 Å². The monoisotopic (exact) mass is 340 g/mol. The van der Waals surface area contributed by atoms with Crippen LogP contribution in [-0.2, 0) is 11.2 Å². The van der Waals surface area contributed by atoms with Gasteiger partial charge >= 0.3 is 0 Å². The lowest BCUT2D eigenvalue weighted by Gasteiger charge is -2.45. The maximum Gasteiger partial charge on any atom is 0.223 e. The minimum atomic E-state index is -0.456. The number of carbonyl (C=O) groups excluding carboxylic acids is 1. The first-order chi connectivity index (χ1) is 12.0. The van der Waals surface area contributed by atoms with Crippen LogP contribution in [0.4, 0.5) is 11.4 Å². The second-order valence-electron chi connectivity index (χ2n) is 7.05. The first-order valence-corrected chi connectivity index (χ1v) is 8.91. The molecule has 132 valence electrons. The van der Waals surface area contributed by atoms with Gasteiger partial charge in [-0.15, -0.1) is 0 Å². The number of carbonyl (C=O) groups is 1. The summed E-state index contributed by atoms with van der Waals surface area (Å²) in [7, 11) is 0. The molecular weight excluding hydrogens is 316 g/mol. The molecule has 1 aromatic rings. The Morgan fingerprint density at radius 3 is 2.68 bits per heavy atom. The van der Waals surface area contributed by atoms with Gasteiger partial charge in [-0.05, 0) is 49.8 Å². The van der Waals surface area contributed by atoms with E-state index in [1.165, 1.54) is 12.0 Å². The molecule has 0 saturated heterocycles. The zero-order valence-corrected chi connectivity index (χ0v) is 14.5. The maximum atomic E-state index is 11.9. The van der Waals surface area contributed by atoms with Gasteiger partial charge in [0.1, 0.15) is 5.66 Å². The number of nitrogens with two attached hydrogens (primary N) is 2. The van der Waals surface area contributed by atoms with Crippen molar-refractivity contribution < 1.29 is 4.79 Å². The van der Waals surface area contributed by atoms with E-state index in [2.05, 4.69) is 17.1 Å². The minimum Gasteiger partial charge on any atom is -0.369 e. The Kier molecular flexibility index (Phi) is 3.67. The fraction of sp³-hybridized carbons (Fsp3) is 0.500. The van der Waals surface area contributed by atoms with E-state index in [0.717, 1.165) is 50.0 Å². The largest absolute Gasteiger partial charge is 0.369 e. The summed E-state index contributed by atoms with van der Waals surface area (Å²) in [5, 5.41) is 0. The Hall–Kier alpha value is -2.57. The third-order valence-electron chi connectivity index (χ3n) is 5.45. The van der Waals surface area contributed by atoms with Gasteiger partial charge in [0.25, 0.3) is 0 Å². The highest BCUT2D eigenvalue weighted by Crippen LogP contribution is 2.41. The molecule has 1 spiro atoms. The number of amides is 1. The fourth-order valence-electron chi connectivity index (χ4n) is 4.33. The molecule has 4 rings (SSSR count). The van der Waals surface area contributed by atoms with E-state index in [0.29, 0.717) is 5.96 Å². The molecule has 0 aromatic heterocycles. The van der Waals surface area contributed by atoms with Gasteiger partial charge in [-0.2, -0.15) is 4.99 Å². The van der Waals surface area contributed by atoms with Crippen molar-refractivity contribution in [3.63, 3.8) is 0 Å². The Morgan fingerprint density at radius 1 is 1.20 bits per heavy atom. The fourth-order valence-corrected chi connectivity index (χ4v) is 4.33. The second-order valence-corrected chi connectivity index (χ2v) is 7.05. The Balaban J connectivity index is 1.79. The number of nitrogens with zero attached hydrogens (tertiary/aromatic N) is 4. The summed E-state index contributed by atoms with van der Waals surface area (Å²) >= 11 is 0. The van der Waals surface area contributed by atoms with Crippen molar-refractivity contribution in [1.29, 1.82) is 0 Å². The smallest absolute Gasteiger partial charge is 0.223 e. The van der Waals surface area contributed by atoms with Crippen LogP contribution < -0.4 is 21.3 Å². The van der Waals surface area contributed by atoms with Gasteiger partial charge in [0.2, 0.25) is 17.8 Å². The molecule has 2 heterocycles. The highest BCUT2D eigenvalue weighted by atomic mass is 16.2. The quantitative estimate of drug-likeness (QED) is 0.812. The second kappa shape index (κ2) is 5.75. The standard InChI is InChI=1S/C18H24N6O/c1-12(25)23-10-7-13-5-6-14(11-15(13)23)24-17(20)21-16(19)22-18(24)8-3-2-4-9-18/h5-6,11H,2-4,7-10H2,1H3,(H4,19,20,21,22). The van der Waals surface area contributed by atoms with Gasteiger partial charge in [-0.1, -0.05) is 12.5 Å². The van der Waals surface area contributed by atoms with Crippen molar-refractivity contribution in [1.82, 2.24) is 0 Å². The Bertz CT molecular complexity index is 778. The molecule has 1 amide bonds. The van der Waals surface area contributed by atoms with E-state index in [4.69, 9.17) is 16.5 Å². The molecule has 0 unspecified atom stereocenters. The lowest BCUT2D eigenvalue weighted by Crippen LogP contribution is -2.58. The van der Waals surface area contributed by atoms with Crippen LogP contribution in [0.2, 0.25) is 0 Å². The van der Waals surface area contributed by atoms with Gasteiger partial charge in [0, 0.05) is 24.8 Å². The summed E-state index contributed by atoms with van der Waals surface area (Å²) in [6, 6.07) is 6.18. The van der Waals surface area contributed by atoms with Crippen molar-refractivity contribution in [3.05, 3.63) is 23.8 Å². The number of rotatable bonds is 1. The number of benzene rings is 1. The van der Waals surface area contributed by atoms with E-state index in [1.54, 1.807) is 6.92 Å². The molecule has 0 radical (unpaired) electrons. The van der Waals surface area contributed by atoms with Crippen molar-refractivity contribution >= 4 is 29.2 Å². The van der Waals surface area contributed by atoms with Crippen LogP contribution in [0, 0.1) is 0 Å². The third-order valence-corrected chi connectivity index (χ3v) is 5.45. The summed E-state index contributed by atoms with van der Waals surface area (Å²) in [6.07, 6.45) is 6.06. The maximum absolute atomic E-state index is 11.9. The van der Waals surface area contributed by atoms with Crippen molar-refractivity contribution in [2.24, 2.45) is 21.5 Å². The van der Waals surface area contributed by atoms with Gasteiger partial charge in [0.05, 0.1) is 0 Å². The third kappa shape index (κ3) is 2.54. The number of hydrogen-bond donors (Lipinski definition) is 2. The first kappa shape index (κ1) is 15.9. The molecule has 25 heavy (non-hydrogen) atoms. The van der Waals surface area contributed by atoms with Crippen LogP contribution in [0.5, 0.6) is 0 Å². The molecule has 4 N–H and O–H groups in total. The zero-order chi connectivity index (χ0) is 17.6. The molecule has 0 atom stereocenters. The highest BCUT2D eigenvalue weighted by Gasteiger charge is 2.43. The Morgan fingerprint density at radius 2 is 1.96 bits per heavy atom. The molecule has 1 fully saturated rings. The number of anilines is 2. The lowest BCUT2D eigenvalue weighted by molar-refractivity contribution is -0.116. The molecular formula is C18H24N6O. The first-order valence-electron chi connectivity index (χ1n) is 8.91. The highest BCUT2D eigenvalue weighted by molar-refractivity contribution is 6.06. The average Bonchev–Trinajstić information content (AvgIpc) is 2.98. The number of hydrogen-bond acceptors (Lipinski definition) is 6. The van der Waals surface area contributed by atoms with E-state index in [1.807, 2.05) is 15.9 Å². The van der Waals surface area contributed by atoms with Crippen molar-refractivity contribution in [2.75, 3.05) is 16.3 Å². The normalized spacial score (nSPS) is 21.8. The molecule has 2 aliphatic heterocycles. The topological polar surface area (TPSA) is 100 Å². The van der Waals surface area contributed by atoms with Gasteiger partial charge in [-0.25, -0.2) is 4.99 Å². The summed E-state index contributed by atoms with van der Waals surface area (Å²) in [5.74, 6) is 0.690. The van der Waals surface area contributed by atoms with Gasteiger partial charge in [0.15, 0.2) is 0 Å². The summed E-state index contributed by atoms with van der Waals surface area (Å²) in [5.41, 5.74) is 14.8.